The zero-order valence-corrected chi connectivity index (χ0v) is 22.0. The van der Waals surface area contributed by atoms with Crippen LogP contribution < -0.4 is 9.97 Å². The Morgan fingerprint density at radius 1 is 0.600 bits per heavy atom. The molecular formula is C26H22N2O10S2. The first-order valence-electron chi connectivity index (χ1n) is 11.0. The van der Waals surface area contributed by atoms with E-state index in [2.05, 4.69) is 22.1 Å². The quantitative estimate of drug-likeness (QED) is 0.313. The Labute approximate surface area is 229 Å². The number of aromatic nitrogens is 2. The number of nitrogens with one attached hydrogen (secondary N) is 2. The predicted molar refractivity (Wildman–Crippen MR) is 138 cm³/mol. The molecule has 4 N–H and O–H groups in total. The van der Waals surface area contributed by atoms with Gasteiger partial charge in [0, 0.05) is 24.3 Å². The molecule has 4 rings (SSSR count). The lowest BCUT2D eigenvalue weighted by Gasteiger charge is -2.06. The molecule has 4 aromatic rings. The molecule has 2 aromatic carbocycles. The van der Waals surface area contributed by atoms with Crippen LogP contribution in [-0.4, -0.2) is 48.1 Å². The van der Waals surface area contributed by atoms with E-state index in [1.165, 1.54) is 35.4 Å². The number of aromatic carboxylic acids is 2. The third-order valence-electron chi connectivity index (χ3n) is 4.70. The minimum absolute atomic E-state index is 0.225. The molecule has 0 saturated heterocycles. The summed E-state index contributed by atoms with van der Waals surface area (Å²) >= 11 is 0. The number of hydrogen-bond acceptors (Lipinski definition) is 8. The molecule has 12 nitrogen and oxygen atoms in total. The SMILES string of the molecule is C(=C\c1cc[nH+]cc1)/c1cc[nH+]cc1.O=C(O)c1cccc(S(=O)(=O)[O-])c1.O=C(O)c1cccc(S(=O)(=O)[O-])c1. The summed E-state index contributed by atoms with van der Waals surface area (Å²) in [6.07, 6.45) is 11.8. The second-order valence-electron chi connectivity index (χ2n) is 7.57. The molecule has 0 fully saturated rings. The highest BCUT2D eigenvalue weighted by Crippen LogP contribution is 2.11. The van der Waals surface area contributed by atoms with Crippen molar-refractivity contribution in [2.24, 2.45) is 0 Å². The summed E-state index contributed by atoms with van der Waals surface area (Å²) in [5.41, 5.74) is 1.93. The van der Waals surface area contributed by atoms with Crippen molar-refractivity contribution >= 4 is 44.3 Å². The minimum Gasteiger partial charge on any atom is -0.744 e. The maximum Gasteiger partial charge on any atom is 0.335 e. The molecule has 0 bridgehead atoms. The van der Waals surface area contributed by atoms with Gasteiger partial charge in [-0.15, -0.1) is 0 Å². The molecule has 208 valence electrons. The summed E-state index contributed by atoms with van der Waals surface area (Å²) in [6, 6.07) is 16.7. The fourth-order valence-corrected chi connectivity index (χ4v) is 3.82. The first-order chi connectivity index (χ1) is 18.8. The number of aromatic amines is 2. The van der Waals surface area contributed by atoms with Gasteiger partial charge < -0.3 is 19.3 Å². The van der Waals surface area contributed by atoms with E-state index in [0.29, 0.717) is 0 Å². The lowest BCUT2D eigenvalue weighted by Crippen LogP contribution is -2.02. The van der Waals surface area contributed by atoms with Crippen molar-refractivity contribution in [1.29, 1.82) is 0 Å². The highest BCUT2D eigenvalue weighted by molar-refractivity contribution is 7.86. The molecular weight excluding hydrogens is 564 g/mol. The van der Waals surface area contributed by atoms with Gasteiger partial charge >= 0.3 is 11.9 Å². The number of carbonyl (C=O) groups is 2. The lowest BCUT2D eigenvalue weighted by atomic mass is 10.2. The smallest absolute Gasteiger partial charge is 0.335 e. The summed E-state index contributed by atoms with van der Waals surface area (Å²) in [5.74, 6) is -2.55. The van der Waals surface area contributed by atoms with Crippen LogP contribution in [0.5, 0.6) is 0 Å². The standard InChI is InChI=1S/C12H10N2.2C7H6O5S/c1(11-3-7-13-8-4-11)2-12-5-9-14-10-6-12;2*8-7(9)5-2-1-3-6(4-5)13(10,11)12/h1-10H;2*1-4H,(H,8,9)(H,10,11,12)/b2-1+;;. The Morgan fingerprint density at radius 2 is 0.925 bits per heavy atom. The average molecular weight is 587 g/mol. The van der Waals surface area contributed by atoms with Gasteiger partial charge in [0.15, 0.2) is 24.8 Å². The van der Waals surface area contributed by atoms with E-state index in [1.54, 1.807) is 0 Å². The zero-order valence-electron chi connectivity index (χ0n) is 20.4. The Morgan fingerprint density at radius 3 is 1.20 bits per heavy atom. The molecule has 0 aliphatic heterocycles. The summed E-state index contributed by atoms with van der Waals surface area (Å²) in [7, 11) is -9.14. The molecule has 14 heteroatoms. The second-order valence-corrected chi connectivity index (χ2v) is 10.3. The van der Waals surface area contributed by atoms with Crippen LogP contribution in [0.15, 0.2) is 107 Å². The molecule has 0 unspecified atom stereocenters. The van der Waals surface area contributed by atoms with E-state index in [1.807, 2.05) is 49.1 Å². The Kier molecular flexibility index (Phi) is 11.3. The summed E-state index contributed by atoms with van der Waals surface area (Å²) in [6.45, 7) is 0. The van der Waals surface area contributed by atoms with Crippen molar-refractivity contribution in [3.05, 3.63) is 120 Å². The van der Waals surface area contributed by atoms with Gasteiger partial charge in [0.2, 0.25) is 0 Å². The van der Waals surface area contributed by atoms with Gasteiger partial charge in [-0.1, -0.05) is 24.3 Å². The average Bonchev–Trinajstić information content (AvgIpc) is 2.93. The van der Waals surface area contributed by atoms with Crippen molar-refractivity contribution in [1.82, 2.24) is 0 Å². The number of benzene rings is 2. The Hall–Kier alpha value is -4.76. The molecule has 0 aliphatic rings. The topological polar surface area (TPSA) is 217 Å². The third-order valence-corrected chi connectivity index (χ3v) is 6.36. The van der Waals surface area contributed by atoms with Crippen molar-refractivity contribution in [2.75, 3.05) is 0 Å². The van der Waals surface area contributed by atoms with Crippen LogP contribution in [0.1, 0.15) is 31.8 Å². The number of carboxylic acid groups (broad SMARTS) is 2. The van der Waals surface area contributed by atoms with E-state index < -0.39 is 42.0 Å². The van der Waals surface area contributed by atoms with Gasteiger partial charge in [-0.05, 0) is 47.5 Å². The van der Waals surface area contributed by atoms with E-state index in [-0.39, 0.29) is 11.1 Å². The molecule has 0 amide bonds. The maximum atomic E-state index is 10.5. The molecule has 2 aromatic heterocycles. The van der Waals surface area contributed by atoms with Crippen LogP contribution in [0.25, 0.3) is 12.2 Å². The van der Waals surface area contributed by atoms with Crippen LogP contribution in [0.4, 0.5) is 0 Å². The van der Waals surface area contributed by atoms with Crippen LogP contribution in [0, 0.1) is 0 Å². The van der Waals surface area contributed by atoms with Crippen LogP contribution in [-0.2, 0) is 20.2 Å². The van der Waals surface area contributed by atoms with Gasteiger partial charge in [0.25, 0.3) is 0 Å². The van der Waals surface area contributed by atoms with Crippen LogP contribution >= 0.6 is 0 Å². The molecule has 2 heterocycles. The fourth-order valence-electron chi connectivity index (χ4n) is 2.78. The summed E-state index contributed by atoms with van der Waals surface area (Å²) < 4.78 is 62.8. The van der Waals surface area contributed by atoms with Gasteiger partial charge in [0.1, 0.15) is 20.2 Å². The number of carboxylic acids is 2. The lowest BCUT2D eigenvalue weighted by molar-refractivity contribution is -0.378. The van der Waals surface area contributed by atoms with Gasteiger partial charge in [-0.25, -0.2) is 36.4 Å². The first kappa shape index (κ1) is 31.5. The number of hydrogen-bond donors (Lipinski definition) is 2. The molecule has 0 spiro atoms. The Balaban J connectivity index is 0.000000210. The van der Waals surface area contributed by atoms with Gasteiger partial charge in [-0.3, -0.25) is 0 Å². The van der Waals surface area contributed by atoms with Crippen molar-refractivity contribution in [3.63, 3.8) is 0 Å². The largest absolute Gasteiger partial charge is 0.744 e. The monoisotopic (exact) mass is 586 g/mol. The number of rotatable bonds is 6. The van der Waals surface area contributed by atoms with Crippen molar-refractivity contribution in [2.45, 2.75) is 9.79 Å². The van der Waals surface area contributed by atoms with E-state index in [4.69, 9.17) is 10.2 Å². The third kappa shape index (κ3) is 10.9. The van der Waals surface area contributed by atoms with Gasteiger partial charge in [-0.2, -0.15) is 0 Å². The van der Waals surface area contributed by atoms with E-state index >= 15 is 0 Å². The highest BCUT2D eigenvalue weighted by atomic mass is 32.2. The minimum atomic E-state index is -4.57. The van der Waals surface area contributed by atoms with Crippen LogP contribution in [0.3, 0.4) is 0 Å². The number of pyridine rings is 2. The molecule has 40 heavy (non-hydrogen) atoms. The summed E-state index contributed by atoms with van der Waals surface area (Å²) in [4.78, 5) is 25.7. The summed E-state index contributed by atoms with van der Waals surface area (Å²) in [5, 5.41) is 17.0. The zero-order chi connectivity index (χ0) is 29.8. The molecule has 0 atom stereocenters. The van der Waals surface area contributed by atoms with Crippen molar-refractivity contribution in [3.8, 4) is 0 Å². The van der Waals surface area contributed by atoms with Crippen LogP contribution in [0.2, 0.25) is 0 Å². The molecule has 0 saturated carbocycles. The second kappa shape index (κ2) is 14.4. The van der Waals surface area contributed by atoms with E-state index in [0.717, 1.165) is 24.3 Å². The Bertz CT molecular complexity index is 1560. The van der Waals surface area contributed by atoms with Crippen molar-refractivity contribution < 1.29 is 55.7 Å². The maximum absolute atomic E-state index is 10.5. The molecule has 0 radical (unpaired) electrons. The first-order valence-corrected chi connectivity index (χ1v) is 13.8. The fraction of sp³-hybridized carbons (Fsp3) is 0. The normalized spacial score (nSPS) is 10.9. The predicted octanol–water partition coefficient (Wildman–Crippen LogP) is 2.06. The van der Waals surface area contributed by atoms with Gasteiger partial charge in [0.05, 0.1) is 20.9 Å². The van der Waals surface area contributed by atoms with E-state index in [9.17, 15) is 35.5 Å². The number of H-pyrrole nitrogens is 2. The highest BCUT2D eigenvalue weighted by Gasteiger charge is 2.07. The molecule has 0 aliphatic carbocycles.